The van der Waals surface area contributed by atoms with Gasteiger partial charge in [0, 0.05) is 19.0 Å². The molecule has 11 atom stereocenters. The zero-order valence-electron chi connectivity index (χ0n) is 24.3. The number of carbonyl (C=O) groups is 1. The van der Waals surface area contributed by atoms with Crippen molar-refractivity contribution in [2.75, 3.05) is 13.6 Å². The zero-order chi connectivity index (χ0) is 26.5. The lowest BCUT2D eigenvalue weighted by molar-refractivity contribution is -0.239. The van der Waals surface area contributed by atoms with Crippen LogP contribution in [-0.4, -0.2) is 65.8 Å². The van der Waals surface area contributed by atoms with Crippen LogP contribution in [-0.2, 0) is 19.0 Å². The number of esters is 1. The SMILES string of the molecule is CCC1OC(=O)C(C)C(O[C@H]2CC(C)CC(C)O2)C(C)CC(C)CC(C)CN(C)[C@H](C)C[C@]1(C)O. The van der Waals surface area contributed by atoms with Crippen molar-refractivity contribution in [1.29, 1.82) is 0 Å². The second kappa shape index (κ2) is 13.2. The molecule has 1 N–H and O–H groups in total. The lowest BCUT2D eigenvalue weighted by Gasteiger charge is -2.39. The molecular weight excluding hydrogens is 442 g/mol. The Balaban J connectivity index is 2.32. The van der Waals surface area contributed by atoms with Gasteiger partial charge in [-0.3, -0.25) is 4.79 Å². The molecule has 0 aliphatic carbocycles. The first-order valence-corrected chi connectivity index (χ1v) is 14.2. The molecular formula is C29H55NO5. The monoisotopic (exact) mass is 497 g/mol. The molecule has 0 aromatic carbocycles. The summed E-state index contributed by atoms with van der Waals surface area (Å²) in [6, 6.07) is 0.181. The van der Waals surface area contributed by atoms with Gasteiger partial charge in [-0.25, -0.2) is 0 Å². The fourth-order valence-electron chi connectivity index (χ4n) is 6.58. The molecule has 2 aliphatic heterocycles. The molecule has 6 heteroatoms. The van der Waals surface area contributed by atoms with Crippen LogP contribution < -0.4 is 0 Å². The van der Waals surface area contributed by atoms with Crippen LogP contribution in [0.25, 0.3) is 0 Å². The summed E-state index contributed by atoms with van der Waals surface area (Å²) < 4.78 is 18.7. The third kappa shape index (κ3) is 8.98. The third-order valence-corrected chi connectivity index (χ3v) is 8.41. The summed E-state index contributed by atoms with van der Waals surface area (Å²) in [6.45, 7) is 20.0. The van der Waals surface area contributed by atoms with Crippen LogP contribution >= 0.6 is 0 Å². The Bertz CT molecular complexity index is 645. The highest BCUT2D eigenvalue weighted by Crippen LogP contribution is 2.34. The van der Waals surface area contributed by atoms with E-state index in [-0.39, 0.29) is 36.4 Å². The molecule has 2 saturated heterocycles. The van der Waals surface area contributed by atoms with E-state index in [1.54, 1.807) is 0 Å². The molecule has 0 saturated carbocycles. The molecule has 6 nitrogen and oxygen atoms in total. The molecule has 2 aliphatic rings. The van der Waals surface area contributed by atoms with Crippen molar-refractivity contribution in [2.45, 2.75) is 137 Å². The number of nitrogens with zero attached hydrogens (tertiary/aromatic N) is 1. The first-order chi connectivity index (χ1) is 16.2. The average Bonchev–Trinajstić information content (AvgIpc) is 2.72. The second-order valence-corrected chi connectivity index (χ2v) is 12.7. The Kier molecular flexibility index (Phi) is 11.5. The summed E-state index contributed by atoms with van der Waals surface area (Å²) in [6.07, 6.45) is 4.10. The number of carbonyl (C=O) groups excluding carboxylic acids is 1. The van der Waals surface area contributed by atoms with E-state index in [0.717, 1.165) is 32.2 Å². The van der Waals surface area contributed by atoms with E-state index in [1.807, 2.05) is 20.8 Å². The van der Waals surface area contributed by atoms with E-state index in [2.05, 4.69) is 53.5 Å². The van der Waals surface area contributed by atoms with Crippen molar-refractivity contribution in [1.82, 2.24) is 4.90 Å². The molecule has 2 heterocycles. The Morgan fingerprint density at radius 3 is 2.23 bits per heavy atom. The van der Waals surface area contributed by atoms with Crippen molar-refractivity contribution in [3.05, 3.63) is 0 Å². The molecule has 2 rings (SSSR count). The summed E-state index contributed by atoms with van der Waals surface area (Å²) in [5, 5.41) is 11.4. The van der Waals surface area contributed by atoms with Gasteiger partial charge in [0.05, 0.1) is 18.1 Å². The number of hydrogen-bond donors (Lipinski definition) is 1. The molecule has 0 aromatic rings. The second-order valence-electron chi connectivity index (χ2n) is 12.7. The quantitative estimate of drug-likeness (QED) is 0.508. The van der Waals surface area contributed by atoms with Crippen LogP contribution in [0.4, 0.5) is 0 Å². The van der Waals surface area contributed by atoms with Crippen molar-refractivity contribution in [3.63, 3.8) is 0 Å². The molecule has 0 spiro atoms. The Labute approximate surface area is 215 Å². The number of hydrogen-bond acceptors (Lipinski definition) is 6. The minimum Gasteiger partial charge on any atom is -0.459 e. The van der Waals surface area contributed by atoms with Crippen LogP contribution in [0.15, 0.2) is 0 Å². The minimum atomic E-state index is -1.10. The highest BCUT2D eigenvalue weighted by molar-refractivity contribution is 5.73. The van der Waals surface area contributed by atoms with Gasteiger partial charge < -0.3 is 24.2 Å². The van der Waals surface area contributed by atoms with Crippen molar-refractivity contribution >= 4 is 5.97 Å². The Morgan fingerprint density at radius 2 is 1.63 bits per heavy atom. The van der Waals surface area contributed by atoms with Gasteiger partial charge in [-0.05, 0) is 90.5 Å². The normalized spacial score (nSPS) is 45.9. The molecule has 0 radical (unpaired) electrons. The molecule has 35 heavy (non-hydrogen) atoms. The van der Waals surface area contributed by atoms with E-state index < -0.39 is 17.6 Å². The number of cyclic esters (lactones) is 1. The summed E-state index contributed by atoms with van der Waals surface area (Å²) in [5.74, 6) is 1.03. The summed E-state index contributed by atoms with van der Waals surface area (Å²) >= 11 is 0. The molecule has 2 fully saturated rings. The van der Waals surface area contributed by atoms with E-state index >= 15 is 0 Å². The fourth-order valence-corrected chi connectivity index (χ4v) is 6.58. The van der Waals surface area contributed by atoms with Crippen molar-refractivity contribution in [2.24, 2.45) is 29.6 Å². The largest absolute Gasteiger partial charge is 0.459 e. The van der Waals surface area contributed by atoms with Crippen LogP contribution in [0, 0.1) is 29.6 Å². The fraction of sp³-hybridized carbons (Fsp3) is 0.966. The predicted octanol–water partition coefficient (Wildman–Crippen LogP) is 5.65. The Morgan fingerprint density at radius 1 is 1.00 bits per heavy atom. The van der Waals surface area contributed by atoms with Gasteiger partial charge in [0.15, 0.2) is 6.29 Å². The number of rotatable bonds is 3. The molecule has 0 amide bonds. The highest BCUT2D eigenvalue weighted by Gasteiger charge is 2.41. The molecule has 206 valence electrons. The summed E-state index contributed by atoms with van der Waals surface area (Å²) in [5.41, 5.74) is -1.10. The van der Waals surface area contributed by atoms with E-state index in [1.165, 1.54) is 0 Å². The smallest absolute Gasteiger partial charge is 0.311 e. The van der Waals surface area contributed by atoms with Gasteiger partial charge in [0.1, 0.15) is 11.7 Å². The third-order valence-electron chi connectivity index (χ3n) is 8.41. The Hall–Kier alpha value is -0.690. The van der Waals surface area contributed by atoms with Gasteiger partial charge in [-0.15, -0.1) is 0 Å². The average molecular weight is 498 g/mol. The molecule has 0 aromatic heterocycles. The lowest BCUT2D eigenvalue weighted by atomic mass is 9.83. The van der Waals surface area contributed by atoms with Gasteiger partial charge in [-0.1, -0.05) is 34.6 Å². The first-order valence-electron chi connectivity index (χ1n) is 14.2. The summed E-state index contributed by atoms with van der Waals surface area (Å²) in [4.78, 5) is 15.8. The maximum Gasteiger partial charge on any atom is 0.311 e. The highest BCUT2D eigenvalue weighted by atomic mass is 16.7. The van der Waals surface area contributed by atoms with Gasteiger partial charge in [-0.2, -0.15) is 0 Å². The molecule has 0 bridgehead atoms. The van der Waals surface area contributed by atoms with E-state index in [0.29, 0.717) is 30.6 Å². The van der Waals surface area contributed by atoms with Crippen LogP contribution in [0.2, 0.25) is 0 Å². The van der Waals surface area contributed by atoms with Crippen LogP contribution in [0.5, 0.6) is 0 Å². The number of ether oxygens (including phenoxy) is 3. The maximum atomic E-state index is 13.5. The standard InChI is InChI=1S/C29H55NO5/c1-11-25-29(9,32)16-22(6)30(10)17-20(4)12-18(2)13-21(5)27(24(8)28(31)34-25)35-26-15-19(3)14-23(7)33-26/h18-27,32H,11-17H2,1-10H3/t18?,19?,20?,21?,22-,23?,24?,25?,26+,27?,29+/m1/s1. The van der Waals surface area contributed by atoms with Crippen LogP contribution in [0.3, 0.4) is 0 Å². The molecule has 8 unspecified atom stereocenters. The maximum absolute atomic E-state index is 13.5. The predicted molar refractivity (Wildman–Crippen MR) is 141 cm³/mol. The zero-order valence-corrected chi connectivity index (χ0v) is 24.3. The van der Waals surface area contributed by atoms with Crippen molar-refractivity contribution in [3.8, 4) is 0 Å². The van der Waals surface area contributed by atoms with Crippen molar-refractivity contribution < 1.29 is 24.1 Å². The van der Waals surface area contributed by atoms with Gasteiger partial charge >= 0.3 is 5.97 Å². The first kappa shape index (κ1) is 30.5. The minimum absolute atomic E-state index is 0.155. The number of aliphatic hydroxyl groups is 1. The lowest BCUT2D eigenvalue weighted by Crippen LogP contribution is -2.49. The van der Waals surface area contributed by atoms with Gasteiger partial charge in [0.2, 0.25) is 0 Å². The van der Waals surface area contributed by atoms with Crippen LogP contribution in [0.1, 0.15) is 101 Å². The van der Waals surface area contributed by atoms with E-state index in [4.69, 9.17) is 14.2 Å². The topological polar surface area (TPSA) is 68.2 Å². The van der Waals surface area contributed by atoms with Gasteiger partial charge in [0.25, 0.3) is 0 Å². The summed E-state index contributed by atoms with van der Waals surface area (Å²) in [7, 11) is 2.13. The van der Waals surface area contributed by atoms with E-state index in [9.17, 15) is 9.90 Å².